The van der Waals surface area contributed by atoms with Crippen molar-refractivity contribution in [3.63, 3.8) is 0 Å². The van der Waals surface area contributed by atoms with Crippen LogP contribution >= 0.6 is 39.1 Å². The fourth-order valence-corrected chi connectivity index (χ4v) is 2.23. The largest absolute Gasteiger partial charge is 0.384 e. The van der Waals surface area contributed by atoms with Crippen LogP contribution in [0.2, 0.25) is 10.0 Å². The summed E-state index contributed by atoms with van der Waals surface area (Å²) in [5, 5.41) is 11.0. The average Bonchev–Trinajstić information content (AvgIpc) is 2.35. The molecule has 0 aliphatic rings. The van der Waals surface area contributed by atoms with E-state index in [1.54, 1.807) is 24.3 Å². The summed E-state index contributed by atoms with van der Waals surface area (Å²) in [5.41, 5.74) is 0.866. The zero-order chi connectivity index (χ0) is 13.3. The zero-order valence-electron chi connectivity index (χ0n) is 9.00. The van der Waals surface area contributed by atoms with Gasteiger partial charge in [0.2, 0.25) is 0 Å². The summed E-state index contributed by atoms with van der Waals surface area (Å²) >= 11 is 14.9. The third kappa shape index (κ3) is 2.86. The van der Waals surface area contributed by atoms with Gasteiger partial charge in [-0.1, -0.05) is 29.3 Å². The van der Waals surface area contributed by atoms with Crippen molar-refractivity contribution in [3.05, 3.63) is 67.9 Å². The standard InChI is InChI=1S/C13H8BrCl2FO/c14-10-3-1-7(5-12(10)17)13(18)9-6-8(15)2-4-11(9)16/h1-6,13,18H. The normalized spacial score (nSPS) is 12.5. The molecule has 0 aliphatic carbocycles. The highest BCUT2D eigenvalue weighted by molar-refractivity contribution is 9.10. The van der Waals surface area contributed by atoms with Crippen molar-refractivity contribution in [2.75, 3.05) is 0 Å². The molecule has 0 radical (unpaired) electrons. The topological polar surface area (TPSA) is 20.2 Å². The summed E-state index contributed by atoms with van der Waals surface area (Å²) in [5.74, 6) is -0.440. The third-order valence-corrected chi connectivity index (χ3v) is 3.73. The maximum Gasteiger partial charge on any atom is 0.137 e. The highest BCUT2D eigenvalue weighted by atomic mass is 79.9. The van der Waals surface area contributed by atoms with E-state index in [9.17, 15) is 9.50 Å². The molecule has 0 aromatic heterocycles. The fourth-order valence-electron chi connectivity index (χ4n) is 1.59. The Kier molecular flexibility index (Phi) is 4.28. The average molecular weight is 350 g/mol. The number of aliphatic hydroxyl groups excluding tert-OH is 1. The molecule has 1 N–H and O–H groups in total. The molecule has 2 rings (SSSR count). The van der Waals surface area contributed by atoms with Crippen LogP contribution in [0.4, 0.5) is 4.39 Å². The van der Waals surface area contributed by atoms with Crippen molar-refractivity contribution in [3.8, 4) is 0 Å². The lowest BCUT2D eigenvalue weighted by Gasteiger charge is -2.14. The molecule has 1 unspecified atom stereocenters. The van der Waals surface area contributed by atoms with Crippen LogP contribution in [0.25, 0.3) is 0 Å². The summed E-state index contributed by atoms with van der Waals surface area (Å²) in [6.45, 7) is 0. The summed E-state index contributed by atoms with van der Waals surface area (Å²) < 4.78 is 13.8. The molecule has 1 nitrogen and oxygen atoms in total. The van der Waals surface area contributed by atoms with Gasteiger partial charge in [-0.15, -0.1) is 0 Å². The van der Waals surface area contributed by atoms with Crippen LogP contribution < -0.4 is 0 Å². The van der Waals surface area contributed by atoms with Gasteiger partial charge in [0.25, 0.3) is 0 Å². The number of hydrogen-bond donors (Lipinski definition) is 1. The Morgan fingerprint density at radius 3 is 2.50 bits per heavy atom. The van der Waals surface area contributed by atoms with Gasteiger partial charge in [-0.05, 0) is 51.8 Å². The molecule has 1 atom stereocenters. The Hall–Kier alpha value is -0.610. The number of rotatable bonds is 2. The van der Waals surface area contributed by atoms with Gasteiger partial charge in [0.15, 0.2) is 0 Å². The Morgan fingerprint density at radius 1 is 1.11 bits per heavy atom. The van der Waals surface area contributed by atoms with Gasteiger partial charge in [-0.2, -0.15) is 0 Å². The lowest BCUT2D eigenvalue weighted by molar-refractivity contribution is 0.220. The first-order valence-electron chi connectivity index (χ1n) is 5.07. The summed E-state index contributed by atoms with van der Waals surface area (Å²) in [6, 6.07) is 9.20. The molecular weight excluding hydrogens is 342 g/mol. The molecule has 0 heterocycles. The zero-order valence-corrected chi connectivity index (χ0v) is 12.1. The van der Waals surface area contributed by atoms with E-state index in [1.807, 2.05) is 0 Å². The van der Waals surface area contributed by atoms with Crippen LogP contribution in [0.1, 0.15) is 17.2 Å². The number of halogens is 4. The van der Waals surface area contributed by atoms with Crippen molar-refractivity contribution in [1.29, 1.82) is 0 Å². The van der Waals surface area contributed by atoms with E-state index >= 15 is 0 Å². The molecule has 5 heteroatoms. The summed E-state index contributed by atoms with van der Waals surface area (Å²) in [4.78, 5) is 0. The van der Waals surface area contributed by atoms with E-state index in [0.717, 1.165) is 0 Å². The van der Waals surface area contributed by atoms with Crippen LogP contribution in [0.15, 0.2) is 40.9 Å². The van der Waals surface area contributed by atoms with Gasteiger partial charge in [0.1, 0.15) is 11.9 Å². The third-order valence-electron chi connectivity index (χ3n) is 2.51. The van der Waals surface area contributed by atoms with Gasteiger partial charge in [0.05, 0.1) is 4.47 Å². The minimum absolute atomic E-state index is 0.343. The highest BCUT2D eigenvalue weighted by Crippen LogP contribution is 2.31. The maximum atomic E-state index is 13.4. The minimum Gasteiger partial charge on any atom is -0.384 e. The first kappa shape index (κ1) is 13.8. The first-order chi connectivity index (χ1) is 8.49. The van der Waals surface area contributed by atoms with Crippen LogP contribution in [0.5, 0.6) is 0 Å². The molecule has 18 heavy (non-hydrogen) atoms. The van der Waals surface area contributed by atoms with Crippen LogP contribution in [-0.4, -0.2) is 5.11 Å². The molecule has 0 saturated carbocycles. The molecule has 0 amide bonds. The van der Waals surface area contributed by atoms with Gasteiger partial charge < -0.3 is 5.11 Å². The van der Waals surface area contributed by atoms with E-state index < -0.39 is 11.9 Å². The van der Waals surface area contributed by atoms with Gasteiger partial charge >= 0.3 is 0 Å². The first-order valence-corrected chi connectivity index (χ1v) is 6.62. The number of benzene rings is 2. The van der Waals surface area contributed by atoms with Crippen molar-refractivity contribution in [2.24, 2.45) is 0 Å². The molecule has 0 aliphatic heterocycles. The Morgan fingerprint density at radius 2 is 1.83 bits per heavy atom. The van der Waals surface area contributed by atoms with Crippen molar-refractivity contribution in [1.82, 2.24) is 0 Å². The molecule has 2 aromatic carbocycles. The SMILES string of the molecule is OC(c1ccc(Br)c(F)c1)c1cc(Cl)ccc1Cl. The number of hydrogen-bond acceptors (Lipinski definition) is 1. The van der Waals surface area contributed by atoms with Gasteiger partial charge in [0, 0.05) is 15.6 Å². The predicted octanol–water partition coefficient (Wildman–Crippen LogP) is 4.98. The van der Waals surface area contributed by atoms with Crippen LogP contribution in [0.3, 0.4) is 0 Å². The van der Waals surface area contributed by atoms with E-state index in [0.29, 0.717) is 25.6 Å². The smallest absolute Gasteiger partial charge is 0.137 e. The monoisotopic (exact) mass is 348 g/mol. The van der Waals surface area contributed by atoms with Gasteiger partial charge in [-0.25, -0.2) is 4.39 Å². The Bertz CT molecular complexity index is 589. The lowest BCUT2D eigenvalue weighted by Crippen LogP contribution is -2.01. The predicted molar refractivity (Wildman–Crippen MR) is 74.6 cm³/mol. The summed E-state index contributed by atoms with van der Waals surface area (Å²) in [7, 11) is 0. The molecule has 0 bridgehead atoms. The number of aliphatic hydroxyl groups is 1. The van der Waals surface area contributed by atoms with Crippen molar-refractivity contribution < 1.29 is 9.50 Å². The minimum atomic E-state index is -1.02. The van der Waals surface area contributed by atoms with E-state index in [2.05, 4.69) is 15.9 Å². The molecule has 2 aromatic rings. The summed E-state index contributed by atoms with van der Waals surface area (Å²) in [6.07, 6.45) is -1.02. The molecule has 0 spiro atoms. The quantitative estimate of drug-likeness (QED) is 0.810. The highest BCUT2D eigenvalue weighted by Gasteiger charge is 2.15. The Labute approximate surface area is 122 Å². The van der Waals surface area contributed by atoms with Gasteiger partial charge in [-0.3, -0.25) is 0 Å². The van der Waals surface area contributed by atoms with Crippen LogP contribution in [0, 0.1) is 5.82 Å². The second-order valence-electron chi connectivity index (χ2n) is 3.74. The molecule has 0 fully saturated rings. The van der Waals surface area contributed by atoms with E-state index in [1.165, 1.54) is 12.1 Å². The molecule has 94 valence electrons. The van der Waals surface area contributed by atoms with E-state index in [4.69, 9.17) is 23.2 Å². The maximum absolute atomic E-state index is 13.4. The lowest BCUT2D eigenvalue weighted by atomic mass is 10.0. The van der Waals surface area contributed by atoms with Crippen LogP contribution in [-0.2, 0) is 0 Å². The second-order valence-corrected chi connectivity index (χ2v) is 5.44. The van der Waals surface area contributed by atoms with E-state index in [-0.39, 0.29) is 0 Å². The fraction of sp³-hybridized carbons (Fsp3) is 0.0769. The van der Waals surface area contributed by atoms with Crippen molar-refractivity contribution in [2.45, 2.75) is 6.10 Å². The van der Waals surface area contributed by atoms with Crippen molar-refractivity contribution >= 4 is 39.1 Å². The Balaban J connectivity index is 2.44. The molecule has 0 saturated heterocycles. The molecular formula is C13H8BrCl2FO. The second kappa shape index (κ2) is 5.57.